The minimum atomic E-state index is -0.164. The Morgan fingerprint density at radius 1 is 1.20 bits per heavy atom. The standard InChI is InChI=1S/C20H29NO4/c1-7-25-18(22)9-8-10-21-16-11-15(23-5)12-17(24-6)19(16)14(2)13-20(21,3)4/h11-13H,7-10H2,1-6H3. The molecule has 1 heterocycles. The number of carbonyl (C=O) groups excluding carboxylic acids is 1. The van der Waals surface area contributed by atoms with Crippen molar-refractivity contribution in [2.75, 3.05) is 32.3 Å². The first-order valence-electron chi connectivity index (χ1n) is 8.73. The fourth-order valence-electron chi connectivity index (χ4n) is 3.48. The van der Waals surface area contributed by atoms with Gasteiger partial charge in [-0.1, -0.05) is 6.08 Å². The van der Waals surface area contributed by atoms with Gasteiger partial charge in [-0.15, -0.1) is 0 Å². The molecule has 1 aromatic rings. The zero-order chi connectivity index (χ0) is 18.6. The highest BCUT2D eigenvalue weighted by Gasteiger charge is 2.33. The number of ether oxygens (including phenoxy) is 3. The van der Waals surface area contributed by atoms with Crippen molar-refractivity contribution in [1.82, 2.24) is 0 Å². The largest absolute Gasteiger partial charge is 0.497 e. The minimum absolute atomic E-state index is 0.146. The van der Waals surface area contributed by atoms with Gasteiger partial charge >= 0.3 is 5.97 Å². The van der Waals surface area contributed by atoms with Crippen molar-refractivity contribution in [2.45, 2.75) is 46.1 Å². The molecule has 0 N–H and O–H groups in total. The summed E-state index contributed by atoms with van der Waals surface area (Å²) in [5.41, 5.74) is 3.17. The molecule has 0 amide bonds. The third kappa shape index (κ3) is 4.09. The lowest BCUT2D eigenvalue weighted by atomic mass is 9.88. The molecule has 5 nitrogen and oxygen atoms in total. The van der Waals surface area contributed by atoms with Gasteiger partial charge in [0.15, 0.2) is 0 Å². The molecular weight excluding hydrogens is 318 g/mol. The van der Waals surface area contributed by atoms with Gasteiger partial charge in [0.25, 0.3) is 0 Å². The molecule has 0 aromatic heterocycles. The van der Waals surface area contributed by atoms with Crippen LogP contribution in [-0.4, -0.2) is 38.9 Å². The van der Waals surface area contributed by atoms with Gasteiger partial charge in [-0.05, 0) is 39.7 Å². The number of fused-ring (bicyclic) bond motifs is 1. The second-order valence-corrected chi connectivity index (χ2v) is 6.77. The number of benzene rings is 1. The van der Waals surface area contributed by atoms with Crippen LogP contribution in [0.3, 0.4) is 0 Å². The number of hydrogen-bond donors (Lipinski definition) is 0. The van der Waals surface area contributed by atoms with Crippen LogP contribution in [0.2, 0.25) is 0 Å². The van der Waals surface area contributed by atoms with Crippen molar-refractivity contribution in [3.05, 3.63) is 23.8 Å². The normalized spacial score (nSPS) is 15.3. The van der Waals surface area contributed by atoms with Crippen LogP contribution < -0.4 is 14.4 Å². The molecule has 0 bridgehead atoms. The molecule has 1 aliphatic rings. The van der Waals surface area contributed by atoms with Crippen molar-refractivity contribution in [3.63, 3.8) is 0 Å². The van der Waals surface area contributed by atoms with E-state index in [1.165, 1.54) is 5.57 Å². The summed E-state index contributed by atoms with van der Waals surface area (Å²) in [7, 11) is 3.33. The van der Waals surface area contributed by atoms with Gasteiger partial charge in [0, 0.05) is 30.7 Å². The summed E-state index contributed by atoms with van der Waals surface area (Å²) in [4.78, 5) is 14.0. The van der Waals surface area contributed by atoms with E-state index >= 15 is 0 Å². The molecular formula is C20H29NO4. The molecule has 1 aliphatic heterocycles. The van der Waals surface area contributed by atoms with Gasteiger partial charge in [-0.2, -0.15) is 0 Å². The quantitative estimate of drug-likeness (QED) is 0.697. The lowest BCUT2D eigenvalue weighted by molar-refractivity contribution is -0.143. The second kappa shape index (κ2) is 7.81. The molecule has 0 fully saturated rings. The summed E-state index contributed by atoms with van der Waals surface area (Å²) >= 11 is 0. The molecule has 0 atom stereocenters. The zero-order valence-corrected chi connectivity index (χ0v) is 16.1. The molecule has 5 heteroatoms. The molecule has 0 spiro atoms. The van der Waals surface area contributed by atoms with E-state index in [0.717, 1.165) is 35.7 Å². The number of carbonyl (C=O) groups is 1. The van der Waals surface area contributed by atoms with Gasteiger partial charge in [0.2, 0.25) is 0 Å². The van der Waals surface area contributed by atoms with Crippen LogP contribution in [0.1, 0.15) is 46.1 Å². The van der Waals surface area contributed by atoms with E-state index in [-0.39, 0.29) is 11.5 Å². The molecule has 25 heavy (non-hydrogen) atoms. The molecule has 0 radical (unpaired) electrons. The number of hydrogen-bond acceptors (Lipinski definition) is 5. The summed E-state index contributed by atoms with van der Waals surface area (Å²) in [5.74, 6) is 1.41. The van der Waals surface area contributed by atoms with E-state index in [0.29, 0.717) is 13.0 Å². The van der Waals surface area contributed by atoms with Gasteiger partial charge in [0.05, 0.1) is 32.1 Å². The van der Waals surface area contributed by atoms with Crippen LogP contribution in [0, 0.1) is 0 Å². The van der Waals surface area contributed by atoms with Crippen LogP contribution in [0.25, 0.3) is 5.57 Å². The predicted molar refractivity (Wildman–Crippen MR) is 100 cm³/mol. The van der Waals surface area contributed by atoms with E-state index in [9.17, 15) is 4.79 Å². The molecule has 0 unspecified atom stereocenters. The maximum absolute atomic E-state index is 11.7. The molecule has 0 saturated heterocycles. The van der Waals surface area contributed by atoms with Crippen LogP contribution in [0.5, 0.6) is 11.5 Å². The van der Waals surface area contributed by atoms with Crippen molar-refractivity contribution in [2.24, 2.45) is 0 Å². The fourth-order valence-corrected chi connectivity index (χ4v) is 3.48. The number of methoxy groups -OCH3 is 2. The topological polar surface area (TPSA) is 48.0 Å². The Bertz CT molecular complexity index is 664. The Labute approximate surface area is 150 Å². The SMILES string of the molecule is CCOC(=O)CCCN1c2cc(OC)cc(OC)c2C(C)=CC1(C)C. The third-order valence-electron chi connectivity index (χ3n) is 4.53. The number of allylic oxidation sites excluding steroid dienone is 1. The molecule has 0 saturated carbocycles. The Hall–Kier alpha value is -2.17. The van der Waals surface area contributed by atoms with Crippen LogP contribution >= 0.6 is 0 Å². The lowest BCUT2D eigenvalue weighted by Gasteiger charge is -2.43. The highest BCUT2D eigenvalue weighted by molar-refractivity contribution is 5.86. The smallest absolute Gasteiger partial charge is 0.305 e. The zero-order valence-electron chi connectivity index (χ0n) is 16.1. The maximum Gasteiger partial charge on any atom is 0.305 e. The number of nitrogens with zero attached hydrogens (tertiary/aromatic N) is 1. The number of anilines is 1. The molecule has 1 aromatic carbocycles. The summed E-state index contributed by atoms with van der Waals surface area (Å²) in [6, 6.07) is 3.95. The predicted octanol–water partition coefficient (Wildman–Crippen LogP) is 4.05. The summed E-state index contributed by atoms with van der Waals surface area (Å²) in [6.45, 7) is 9.46. The maximum atomic E-state index is 11.7. The molecule has 0 aliphatic carbocycles. The van der Waals surface area contributed by atoms with Crippen molar-refractivity contribution in [3.8, 4) is 11.5 Å². The van der Waals surface area contributed by atoms with Crippen molar-refractivity contribution < 1.29 is 19.0 Å². The van der Waals surface area contributed by atoms with E-state index in [1.807, 2.05) is 19.1 Å². The first-order valence-corrected chi connectivity index (χ1v) is 8.73. The highest BCUT2D eigenvalue weighted by atomic mass is 16.5. The van der Waals surface area contributed by atoms with Crippen LogP contribution in [0.15, 0.2) is 18.2 Å². The third-order valence-corrected chi connectivity index (χ3v) is 4.53. The number of rotatable bonds is 7. The van der Waals surface area contributed by atoms with Gasteiger partial charge in [-0.25, -0.2) is 0 Å². The fraction of sp³-hybridized carbons (Fsp3) is 0.550. The lowest BCUT2D eigenvalue weighted by Crippen LogP contribution is -2.45. The average molecular weight is 347 g/mol. The van der Waals surface area contributed by atoms with E-state index in [4.69, 9.17) is 14.2 Å². The minimum Gasteiger partial charge on any atom is -0.497 e. The summed E-state index contributed by atoms with van der Waals surface area (Å²) in [5, 5.41) is 0. The first-order chi connectivity index (χ1) is 11.8. The highest BCUT2D eigenvalue weighted by Crippen LogP contribution is 2.45. The van der Waals surface area contributed by atoms with E-state index in [2.05, 4.69) is 31.7 Å². The Kier molecular flexibility index (Phi) is 5.98. The monoisotopic (exact) mass is 347 g/mol. The molecule has 138 valence electrons. The second-order valence-electron chi connectivity index (χ2n) is 6.77. The van der Waals surface area contributed by atoms with Gasteiger partial charge in [0.1, 0.15) is 11.5 Å². The average Bonchev–Trinajstić information content (AvgIpc) is 2.56. The van der Waals surface area contributed by atoms with Crippen LogP contribution in [0.4, 0.5) is 5.69 Å². The van der Waals surface area contributed by atoms with Gasteiger partial charge < -0.3 is 19.1 Å². The first kappa shape index (κ1) is 19.2. The van der Waals surface area contributed by atoms with E-state index in [1.54, 1.807) is 14.2 Å². The van der Waals surface area contributed by atoms with Crippen LogP contribution in [-0.2, 0) is 9.53 Å². The van der Waals surface area contributed by atoms with E-state index < -0.39 is 0 Å². The summed E-state index contributed by atoms with van der Waals surface area (Å²) < 4.78 is 16.1. The van der Waals surface area contributed by atoms with Gasteiger partial charge in [-0.3, -0.25) is 4.79 Å². The van der Waals surface area contributed by atoms with Crippen molar-refractivity contribution in [1.29, 1.82) is 0 Å². The van der Waals surface area contributed by atoms with Crippen molar-refractivity contribution >= 4 is 17.2 Å². The Balaban J connectivity index is 2.35. The Morgan fingerprint density at radius 2 is 1.92 bits per heavy atom. The molecule has 2 rings (SSSR count). The number of esters is 1. The Morgan fingerprint density at radius 3 is 2.52 bits per heavy atom. The summed E-state index contributed by atoms with van der Waals surface area (Å²) in [6.07, 6.45) is 3.39.